The Morgan fingerprint density at radius 2 is 1.30 bits per heavy atom. The Kier molecular flexibility index (Phi) is 6.96. The maximum Gasteiger partial charge on any atom is 0.127 e. The molecule has 0 bridgehead atoms. The number of nitrogens with zero attached hydrogens (tertiary/aromatic N) is 3. The smallest absolute Gasteiger partial charge is 0.127 e. The van der Waals surface area contributed by atoms with E-state index in [2.05, 4.69) is 28.8 Å². The molecule has 0 unspecified atom stereocenters. The fraction of sp³-hybridized carbons (Fsp3) is 0. The first-order valence-corrected chi connectivity index (χ1v) is 14.1. The van der Waals surface area contributed by atoms with Crippen LogP contribution in [-0.4, -0.2) is 26.0 Å². The fourth-order valence-electron chi connectivity index (χ4n) is 6.07. The van der Waals surface area contributed by atoms with Gasteiger partial charge in [-0.2, -0.15) is 0 Å². The summed E-state index contributed by atoms with van der Waals surface area (Å²) in [5.41, 5.74) is 5.65. The summed E-state index contributed by atoms with van der Waals surface area (Å²) in [5.74, 6) is 0.335. The van der Waals surface area contributed by atoms with Crippen LogP contribution in [0.25, 0.3) is 60.3 Å². The maximum absolute atomic E-state index is 11.5. The van der Waals surface area contributed by atoms with E-state index in [1.165, 1.54) is 0 Å². The third-order valence-electron chi connectivity index (χ3n) is 8.04. The van der Waals surface area contributed by atoms with Gasteiger partial charge in [0.2, 0.25) is 0 Å². The molecule has 0 spiro atoms. The second-order valence-corrected chi connectivity index (χ2v) is 10.6. The molecule has 0 radical (unpaired) electrons. The predicted molar refractivity (Wildman–Crippen MR) is 176 cm³/mol. The minimum atomic E-state index is 0. The summed E-state index contributed by atoms with van der Waals surface area (Å²) in [5, 5.41) is 27.7. The number of pyridine rings is 1. The molecule has 0 atom stereocenters. The monoisotopic (exact) mass is 750 g/mol. The standard InChI is InChI=1S/C38H25N3O2.Pt/c42-36-19-9-12-24-11-8-17-31(38(24)36)39-23-33-27-15-5-4-10-25(27)20-32(40-33)30-21-29-28-16-6-7-18-34(28)41(35(29)22-37(30)43)26-13-2-1-3-14-26;/h1-23,42-43H;. The van der Waals surface area contributed by atoms with Crippen molar-refractivity contribution in [3.8, 4) is 28.4 Å². The first kappa shape index (κ1) is 27.6. The number of hydrogen-bond donors (Lipinski definition) is 2. The summed E-state index contributed by atoms with van der Waals surface area (Å²) in [7, 11) is 0. The van der Waals surface area contributed by atoms with Gasteiger partial charge in [-0.25, -0.2) is 4.98 Å². The summed E-state index contributed by atoms with van der Waals surface area (Å²) in [4.78, 5) is 9.81. The number of benzene rings is 6. The normalized spacial score (nSPS) is 11.5. The molecule has 0 amide bonds. The second-order valence-electron chi connectivity index (χ2n) is 10.6. The van der Waals surface area contributed by atoms with Crippen molar-refractivity contribution in [2.75, 3.05) is 0 Å². The van der Waals surface area contributed by atoms with Crippen molar-refractivity contribution in [1.82, 2.24) is 9.55 Å². The minimum Gasteiger partial charge on any atom is -0.507 e. The molecule has 0 saturated heterocycles. The molecule has 2 aromatic heterocycles. The van der Waals surface area contributed by atoms with Gasteiger partial charge in [0.05, 0.1) is 34.3 Å². The first-order chi connectivity index (χ1) is 21.2. The number of aromatic nitrogens is 2. The summed E-state index contributed by atoms with van der Waals surface area (Å²) in [6, 6.07) is 43.6. The van der Waals surface area contributed by atoms with Gasteiger partial charge in [0, 0.05) is 59.9 Å². The van der Waals surface area contributed by atoms with Gasteiger partial charge in [0.25, 0.3) is 0 Å². The van der Waals surface area contributed by atoms with Crippen LogP contribution in [0.5, 0.6) is 11.5 Å². The van der Waals surface area contributed by atoms with Crippen molar-refractivity contribution in [2.45, 2.75) is 0 Å². The number of aliphatic imine (C=N–C) groups is 1. The van der Waals surface area contributed by atoms with E-state index in [9.17, 15) is 10.2 Å². The van der Waals surface area contributed by atoms with E-state index >= 15 is 0 Å². The molecule has 6 aromatic carbocycles. The average molecular weight is 751 g/mol. The van der Waals surface area contributed by atoms with Gasteiger partial charge in [-0.3, -0.25) is 4.99 Å². The molecule has 0 saturated carbocycles. The van der Waals surface area contributed by atoms with Gasteiger partial charge in [-0.05, 0) is 53.2 Å². The zero-order valence-electron chi connectivity index (χ0n) is 23.3. The third-order valence-corrected chi connectivity index (χ3v) is 8.04. The van der Waals surface area contributed by atoms with Gasteiger partial charge >= 0.3 is 0 Å². The summed E-state index contributed by atoms with van der Waals surface area (Å²) in [6.07, 6.45) is 1.74. The Morgan fingerprint density at radius 1 is 0.591 bits per heavy atom. The molecule has 44 heavy (non-hydrogen) atoms. The van der Waals surface area contributed by atoms with Crippen LogP contribution in [0.4, 0.5) is 5.69 Å². The molecule has 0 aliphatic rings. The van der Waals surface area contributed by atoms with Crippen LogP contribution in [0.3, 0.4) is 0 Å². The quantitative estimate of drug-likeness (QED) is 0.176. The van der Waals surface area contributed by atoms with Crippen LogP contribution in [0, 0.1) is 0 Å². The molecule has 214 valence electrons. The molecule has 2 N–H and O–H groups in total. The van der Waals surface area contributed by atoms with Crippen LogP contribution in [0.15, 0.2) is 138 Å². The molecule has 8 rings (SSSR count). The molecular weight excluding hydrogens is 726 g/mol. The second kappa shape index (κ2) is 11.1. The van der Waals surface area contributed by atoms with Crippen LogP contribution in [-0.2, 0) is 21.1 Å². The number of rotatable bonds is 4. The first-order valence-electron chi connectivity index (χ1n) is 14.1. The van der Waals surface area contributed by atoms with E-state index in [4.69, 9.17) is 9.98 Å². The van der Waals surface area contributed by atoms with Crippen molar-refractivity contribution in [3.05, 3.63) is 139 Å². The number of aromatic hydroxyl groups is 2. The van der Waals surface area contributed by atoms with Crippen LogP contribution in [0.2, 0.25) is 0 Å². The van der Waals surface area contributed by atoms with Gasteiger partial charge in [-0.15, -0.1) is 0 Å². The number of phenols is 2. The van der Waals surface area contributed by atoms with E-state index in [1.807, 2.05) is 103 Å². The van der Waals surface area contributed by atoms with Crippen LogP contribution in [0.1, 0.15) is 5.69 Å². The summed E-state index contributed by atoms with van der Waals surface area (Å²) in [6.45, 7) is 0. The van der Waals surface area contributed by atoms with Crippen molar-refractivity contribution < 1.29 is 31.3 Å². The largest absolute Gasteiger partial charge is 0.507 e. The molecule has 0 aliphatic carbocycles. The van der Waals surface area contributed by atoms with E-state index in [0.29, 0.717) is 28.0 Å². The molecular formula is C38H25N3O2Pt. The van der Waals surface area contributed by atoms with E-state index in [0.717, 1.165) is 43.7 Å². The van der Waals surface area contributed by atoms with Gasteiger partial charge in [0.1, 0.15) is 11.5 Å². The molecule has 0 aliphatic heterocycles. The molecule has 8 aromatic rings. The van der Waals surface area contributed by atoms with Crippen molar-refractivity contribution >= 4 is 55.3 Å². The fourth-order valence-corrected chi connectivity index (χ4v) is 6.07. The van der Waals surface area contributed by atoms with Crippen LogP contribution >= 0.6 is 0 Å². The van der Waals surface area contributed by atoms with Crippen molar-refractivity contribution in [3.63, 3.8) is 0 Å². The Bertz CT molecular complexity index is 2370. The van der Waals surface area contributed by atoms with Crippen molar-refractivity contribution in [2.24, 2.45) is 4.99 Å². The molecule has 5 nitrogen and oxygen atoms in total. The average Bonchev–Trinajstić information content (AvgIpc) is 3.36. The van der Waals surface area contributed by atoms with Crippen molar-refractivity contribution in [1.29, 1.82) is 0 Å². The number of phenolic OH excluding ortho intramolecular Hbond substituents is 2. The van der Waals surface area contributed by atoms with Gasteiger partial charge in [0.15, 0.2) is 0 Å². The maximum atomic E-state index is 11.5. The van der Waals surface area contributed by atoms with E-state index in [1.54, 1.807) is 12.3 Å². The molecule has 0 fully saturated rings. The summed E-state index contributed by atoms with van der Waals surface area (Å²) >= 11 is 0. The van der Waals surface area contributed by atoms with E-state index < -0.39 is 0 Å². The summed E-state index contributed by atoms with van der Waals surface area (Å²) < 4.78 is 2.18. The SMILES string of the molecule is Oc1cc2c(cc1-c1cc3ccccc3c(C=Nc3cccc4cccc(O)c34)n1)c1ccccc1n2-c1ccccc1.[Pt]. The number of fused-ring (bicyclic) bond motifs is 5. The van der Waals surface area contributed by atoms with E-state index in [-0.39, 0.29) is 32.6 Å². The topological polar surface area (TPSA) is 70.6 Å². The third kappa shape index (κ3) is 4.54. The predicted octanol–water partition coefficient (Wildman–Crippen LogP) is 9.31. The Morgan fingerprint density at radius 3 is 2.14 bits per heavy atom. The molecule has 2 heterocycles. The molecule has 6 heteroatoms. The number of para-hydroxylation sites is 2. The van der Waals surface area contributed by atoms with Gasteiger partial charge in [-0.1, -0.05) is 84.9 Å². The minimum absolute atomic E-state index is 0. The van der Waals surface area contributed by atoms with Crippen LogP contribution < -0.4 is 0 Å². The van der Waals surface area contributed by atoms with Gasteiger partial charge < -0.3 is 14.8 Å². The Hall–Kier alpha value is -5.25. The Balaban J connectivity index is 0.00000312. The number of hydrogen-bond acceptors (Lipinski definition) is 4. The zero-order chi connectivity index (χ0) is 28.9. The zero-order valence-corrected chi connectivity index (χ0v) is 25.6. The Labute approximate surface area is 267 Å².